The third-order valence-corrected chi connectivity index (χ3v) is 6.24. The molecule has 0 amide bonds. The summed E-state index contributed by atoms with van der Waals surface area (Å²) >= 11 is 6.74. The van der Waals surface area contributed by atoms with E-state index in [4.69, 9.17) is 16.3 Å². The zero-order chi connectivity index (χ0) is 21.7. The summed E-state index contributed by atoms with van der Waals surface area (Å²) < 4.78 is 22.6. The van der Waals surface area contributed by atoms with Crippen molar-refractivity contribution < 1.29 is 19.0 Å². The molecule has 1 N–H and O–H groups in total. The summed E-state index contributed by atoms with van der Waals surface area (Å²) in [6.07, 6.45) is 3.92. The summed E-state index contributed by atoms with van der Waals surface area (Å²) in [5.41, 5.74) is -0.633. The first-order valence-electron chi connectivity index (χ1n) is 10.0. The van der Waals surface area contributed by atoms with Crippen LogP contribution in [0.25, 0.3) is 10.9 Å². The van der Waals surface area contributed by atoms with Crippen LogP contribution >= 0.6 is 11.6 Å². The number of ether oxygens (including phenoxy) is 1. The standard InChI is InChI=1S/C21H25ClFN3O4/c1-24(2)8-11-6-7-25(9-11)18-15(22)17-14(20(30-3)16(18)23)19(27)13(21(28)29)10-26(17)12-4-5-12/h10-12H,4-9H2,1-3H3,(H,28,29). The Labute approximate surface area is 178 Å². The second-order valence-corrected chi connectivity index (χ2v) is 8.79. The Bertz CT molecular complexity index is 1080. The molecule has 1 aliphatic carbocycles. The highest BCUT2D eigenvalue weighted by Crippen LogP contribution is 2.46. The zero-order valence-corrected chi connectivity index (χ0v) is 18.0. The Morgan fingerprint density at radius 1 is 1.37 bits per heavy atom. The van der Waals surface area contributed by atoms with Crippen LogP contribution in [0, 0.1) is 11.7 Å². The van der Waals surface area contributed by atoms with E-state index >= 15 is 4.39 Å². The molecule has 7 nitrogen and oxygen atoms in total. The zero-order valence-electron chi connectivity index (χ0n) is 17.2. The molecule has 162 valence electrons. The molecule has 2 aromatic rings. The molecule has 0 spiro atoms. The topological polar surface area (TPSA) is 75.0 Å². The minimum absolute atomic E-state index is 0.0341. The van der Waals surface area contributed by atoms with Gasteiger partial charge in [0, 0.05) is 31.9 Å². The number of hydrogen-bond acceptors (Lipinski definition) is 5. The Kier molecular flexibility index (Phi) is 5.40. The van der Waals surface area contributed by atoms with E-state index in [0.717, 1.165) is 25.8 Å². The molecule has 0 bridgehead atoms. The van der Waals surface area contributed by atoms with Gasteiger partial charge in [-0.25, -0.2) is 9.18 Å². The van der Waals surface area contributed by atoms with E-state index in [-0.39, 0.29) is 27.9 Å². The SMILES string of the molecule is COc1c(F)c(N2CCC(CN(C)C)C2)c(Cl)c2c1c(=O)c(C(=O)O)cn2C1CC1. The van der Waals surface area contributed by atoms with Gasteiger partial charge in [-0.2, -0.15) is 0 Å². The molecule has 1 aliphatic heterocycles. The largest absolute Gasteiger partial charge is 0.493 e. The molecule has 1 atom stereocenters. The summed E-state index contributed by atoms with van der Waals surface area (Å²) in [5.74, 6) is -1.95. The van der Waals surface area contributed by atoms with Crippen molar-refractivity contribution in [2.45, 2.75) is 25.3 Å². The second-order valence-electron chi connectivity index (χ2n) is 8.41. The van der Waals surface area contributed by atoms with Crippen LogP contribution in [0.2, 0.25) is 5.02 Å². The summed E-state index contributed by atoms with van der Waals surface area (Å²) in [4.78, 5) is 28.6. The Morgan fingerprint density at radius 2 is 2.07 bits per heavy atom. The maximum Gasteiger partial charge on any atom is 0.341 e. The summed E-state index contributed by atoms with van der Waals surface area (Å²) in [6, 6.07) is 0.0341. The third-order valence-electron chi connectivity index (χ3n) is 5.89. The van der Waals surface area contributed by atoms with Crippen molar-refractivity contribution in [3.63, 3.8) is 0 Å². The Hall–Kier alpha value is -2.32. The highest BCUT2D eigenvalue weighted by molar-refractivity contribution is 6.38. The first kappa shape index (κ1) is 20.9. The Balaban J connectivity index is 1.96. The quantitative estimate of drug-likeness (QED) is 0.747. The van der Waals surface area contributed by atoms with Gasteiger partial charge in [-0.15, -0.1) is 0 Å². The minimum atomic E-state index is -1.36. The van der Waals surface area contributed by atoms with Gasteiger partial charge in [0.25, 0.3) is 0 Å². The Morgan fingerprint density at radius 3 is 2.63 bits per heavy atom. The molecule has 9 heteroatoms. The van der Waals surface area contributed by atoms with Gasteiger partial charge in [-0.1, -0.05) is 11.6 Å². The van der Waals surface area contributed by atoms with Gasteiger partial charge in [0.15, 0.2) is 11.6 Å². The lowest BCUT2D eigenvalue weighted by molar-refractivity contribution is 0.0695. The number of anilines is 1. The molecular weight excluding hydrogens is 413 g/mol. The number of benzene rings is 1. The van der Waals surface area contributed by atoms with E-state index in [0.29, 0.717) is 24.5 Å². The number of carboxylic acids is 1. The lowest BCUT2D eigenvalue weighted by Gasteiger charge is -2.25. The average Bonchev–Trinajstić information content (AvgIpc) is 3.42. The van der Waals surface area contributed by atoms with Crippen LogP contribution in [0.5, 0.6) is 5.75 Å². The molecule has 2 heterocycles. The molecule has 1 aromatic heterocycles. The lowest BCUT2D eigenvalue weighted by atomic mass is 10.1. The molecule has 1 aromatic carbocycles. The molecule has 2 fully saturated rings. The number of fused-ring (bicyclic) bond motifs is 1. The first-order valence-corrected chi connectivity index (χ1v) is 10.4. The van der Waals surface area contributed by atoms with Crippen molar-refractivity contribution in [1.82, 2.24) is 9.47 Å². The predicted molar refractivity (Wildman–Crippen MR) is 114 cm³/mol. The van der Waals surface area contributed by atoms with Crippen molar-refractivity contribution in [1.29, 1.82) is 0 Å². The van der Waals surface area contributed by atoms with Crippen LogP contribution < -0.4 is 15.1 Å². The second kappa shape index (κ2) is 7.74. The van der Waals surface area contributed by atoms with E-state index in [1.807, 2.05) is 19.0 Å². The number of halogens is 2. The predicted octanol–water partition coefficient (Wildman–Crippen LogP) is 3.22. The molecule has 1 unspecified atom stereocenters. The lowest BCUT2D eigenvalue weighted by Crippen LogP contribution is -2.27. The van der Waals surface area contributed by atoms with E-state index in [2.05, 4.69) is 4.90 Å². The van der Waals surface area contributed by atoms with Gasteiger partial charge in [0.05, 0.1) is 28.7 Å². The van der Waals surface area contributed by atoms with E-state index < -0.39 is 22.8 Å². The van der Waals surface area contributed by atoms with Crippen molar-refractivity contribution in [2.75, 3.05) is 45.7 Å². The van der Waals surface area contributed by atoms with Gasteiger partial charge in [-0.05, 0) is 39.3 Å². The van der Waals surface area contributed by atoms with Crippen molar-refractivity contribution >= 4 is 34.2 Å². The van der Waals surface area contributed by atoms with E-state index in [9.17, 15) is 14.7 Å². The summed E-state index contributed by atoms with van der Waals surface area (Å²) in [6.45, 7) is 2.17. The number of pyridine rings is 1. The number of aromatic nitrogens is 1. The van der Waals surface area contributed by atoms with Crippen LogP contribution in [0.15, 0.2) is 11.0 Å². The van der Waals surface area contributed by atoms with Crippen molar-refractivity contribution in [2.24, 2.45) is 5.92 Å². The number of carbonyl (C=O) groups is 1. The fourth-order valence-electron chi connectivity index (χ4n) is 4.46. The molecule has 30 heavy (non-hydrogen) atoms. The summed E-state index contributed by atoms with van der Waals surface area (Å²) in [5, 5.41) is 9.51. The van der Waals surface area contributed by atoms with Crippen LogP contribution in [0.4, 0.5) is 10.1 Å². The maximum absolute atomic E-state index is 15.6. The molecule has 4 rings (SSSR count). The highest BCUT2D eigenvalue weighted by atomic mass is 35.5. The molecule has 2 aliphatic rings. The third kappa shape index (κ3) is 3.41. The van der Waals surface area contributed by atoms with Crippen molar-refractivity contribution in [3.8, 4) is 5.75 Å². The number of carboxylic acid groups (broad SMARTS) is 1. The monoisotopic (exact) mass is 437 g/mol. The van der Waals surface area contributed by atoms with Crippen LogP contribution in [0.1, 0.15) is 35.7 Å². The van der Waals surface area contributed by atoms with Crippen molar-refractivity contribution in [3.05, 3.63) is 32.8 Å². The van der Waals surface area contributed by atoms with Gasteiger partial charge < -0.3 is 24.2 Å². The normalized spacial score (nSPS) is 19.1. The maximum atomic E-state index is 15.6. The number of hydrogen-bond donors (Lipinski definition) is 1. The van der Waals surface area contributed by atoms with E-state index in [1.165, 1.54) is 13.3 Å². The molecular formula is C21H25ClFN3O4. The molecule has 1 saturated heterocycles. The molecule has 1 saturated carbocycles. The first-order chi connectivity index (χ1) is 14.2. The van der Waals surface area contributed by atoms with Gasteiger partial charge in [0.2, 0.25) is 5.43 Å². The summed E-state index contributed by atoms with van der Waals surface area (Å²) in [7, 11) is 5.29. The van der Waals surface area contributed by atoms with Gasteiger partial charge >= 0.3 is 5.97 Å². The number of rotatable bonds is 6. The van der Waals surface area contributed by atoms with E-state index in [1.54, 1.807) is 4.57 Å². The number of methoxy groups -OCH3 is 1. The minimum Gasteiger partial charge on any atom is -0.493 e. The van der Waals surface area contributed by atoms with Gasteiger partial charge in [0.1, 0.15) is 5.56 Å². The number of aromatic carboxylic acids is 1. The van der Waals surface area contributed by atoms with Gasteiger partial charge in [-0.3, -0.25) is 4.79 Å². The number of nitrogens with zero attached hydrogens (tertiary/aromatic N) is 3. The fraction of sp³-hybridized carbons (Fsp3) is 0.524. The van der Waals surface area contributed by atoms with Crippen LogP contribution in [-0.4, -0.2) is 61.4 Å². The molecule has 0 radical (unpaired) electrons. The smallest absolute Gasteiger partial charge is 0.341 e. The van der Waals surface area contributed by atoms with Crippen LogP contribution in [0.3, 0.4) is 0 Å². The average molecular weight is 438 g/mol. The highest BCUT2D eigenvalue weighted by Gasteiger charge is 2.35. The fourth-order valence-corrected chi connectivity index (χ4v) is 4.85. The van der Waals surface area contributed by atoms with Crippen LogP contribution in [-0.2, 0) is 0 Å².